The highest BCUT2D eigenvalue weighted by molar-refractivity contribution is 7.90. The number of ether oxygens (including phenoxy) is 1. The third-order valence-electron chi connectivity index (χ3n) is 6.62. The number of rotatable bonds is 9. The van der Waals surface area contributed by atoms with Gasteiger partial charge in [-0.2, -0.15) is 0 Å². The van der Waals surface area contributed by atoms with Crippen molar-refractivity contribution in [3.63, 3.8) is 0 Å². The molecule has 2 aromatic carbocycles. The van der Waals surface area contributed by atoms with Gasteiger partial charge < -0.3 is 4.74 Å². The van der Waals surface area contributed by atoms with Gasteiger partial charge in [0.05, 0.1) is 11.5 Å². The predicted octanol–water partition coefficient (Wildman–Crippen LogP) is 4.69. The van der Waals surface area contributed by atoms with E-state index in [1.54, 1.807) is 12.1 Å². The fourth-order valence-electron chi connectivity index (χ4n) is 4.47. The molecule has 164 valence electrons. The summed E-state index contributed by atoms with van der Waals surface area (Å²) in [4.78, 5) is 2.97. The first kappa shape index (κ1) is 23.0. The van der Waals surface area contributed by atoms with Crippen LogP contribution in [-0.4, -0.2) is 45.9 Å². The minimum absolute atomic E-state index is 0.0215. The van der Waals surface area contributed by atoms with Crippen LogP contribution in [0.1, 0.15) is 44.7 Å². The Morgan fingerprint density at radius 1 is 1.07 bits per heavy atom. The topological polar surface area (TPSA) is 46.6 Å². The first-order valence-corrected chi connectivity index (χ1v) is 12.7. The van der Waals surface area contributed by atoms with E-state index in [4.69, 9.17) is 4.74 Å². The van der Waals surface area contributed by atoms with E-state index in [2.05, 4.69) is 56.0 Å². The zero-order chi connectivity index (χ0) is 21.8. The fourth-order valence-corrected chi connectivity index (χ4v) is 5.10. The Kier molecular flexibility index (Phi) is 7.05. The summed E-state index contributed by atoms with van der Waals surface area (Å²) in [6.07, 6.45) is 4.33. The van der Waals surface area contributed by atoms with Crippen molar-refractivity contribution >= 4 is 9.84 Å². The van der Waals surface area contributed by atoms with Gasteiger partial charge in [0.25, 0.3) is 0 Å². The summed E-state index contributed by atoms with van der Waals surface area (Å²) in [5, 5.41) is 0. The first-order chi connectivity index (χ1) is 14.2. The van der Waals surface area contributed by atoms with E-state index in [-0.39, 0.29) is 11.0 Å². The van der Waals surface area contributed by atoms with Gasteiger partial charge >= 0.3 is 0 Å². The van der Waals surface area contributed by atoms with E-state index in [0.717, 1.165) is 45.6 Å². The highest BCUT2D eigenvalue weighted by Gasteiger charge is 2.43. The van der Waals surface area contributed by atoms with Crippen molar-refractivity contribution in [3.05, 3.63) is 65.7 Å². The van der Waals surface area contributed by atoms with Gasteiger partial charge in [-0.05, 0) is 69.8 Å². The lowest BCUT2D eigenvalue weighted by Crippen LogP contribution is -2.42. The molecule has 0 radical (unpaired) electrons. The van der Waals surface area contributed by atoms with Gasteiger partial charge in [-0.25, -0.2) is 8.42 Å². The third-order valence-corrected chi connectivity index (χ3v) is 7.75. The lowest BCUT2D eigenvalue weighted by Gasteiger charge is -2.38. The van der Waals surface area contributed by atoms with E-state index >= 15 is 0 Å². The summed E-state index contributed by atoms with van der Waals surface area (Å²) >= 11 is 0. The molecule has 0 N–H and O–H groups in total. The molecule has 3 rings (SSSR count). The Morgan fingerprint density at radius 3 is 2.33 bits per heavy atom. The summed E-state index contributed by atoms with van der Waals surface area (Å²) in [5.41, 5.74) is 2.62. The summed E-state index contributed by atoms with van der Waals surface area (Å²) in [7, 11) is -3.15. The van der Waals surface area contributed by atoms with E-state index in [9.17, 15) is 8.42 Å². The second-order valence-electron chi connectivity index (χ2n) is 9.15. The molecule has 0 bridgehead atoms. The smallest absolute Gasteiger partial charge is 0.175 e. The molecule has 1 aliphatic rings. The van der Waals surface area contributed by atoms with Crippen LogP contribution >= 0.6 is 0 Å². The molecule has 1 saturated heterocycles. The normalized spacial score (nSPS) is 20.5. The molecule has 1 aliphatic heterocycles. The summed E-state index contributed by atoms with van der Waals surface area (Å²) in [6.45, 7) is 10.2. The maximum absolute atomic E-state index is 11.7. The molecule has 0 spiro atoms. The van der Waals surface area contributed by atoms with E-state index < -0.39 is 9.84 Å². The summed E-state index contributed by atoms with van der Waals surface area (Å²) in [5.74, 6) is 0. The van der Waals surface area contributed by atoms with Crippen LogP contribution in [0.2, 0.25) is 0 Å². The second-order valence-corrected chi connectivity index (χ2v) is 11.2. The largest absolute Gasteiger partial charge is 0.381 e. The molecule has 0 unspecified atom stereocenters. The Balaban J connectivity index is 1.72. The molecular weight excluding hydrogens is 394 g/mol. The van der Waals surface area contributed by atoms with Gasteiger partial charge in [-0.3, -0.25) is 4.90 Å². The van der Waals surface area contributed by atoms with Gasteiger partial charge in [0.2, 0.25) is 0 Å². The van der Waals surface area contributed by atoms with E-state index in [1.807, 2.05) is 12.1 Å². The van der Waals surface area contributed by atoms with Crippen LogP contribution in [-0.2, 0) is 26.5 Å². The molecule has 2 aromatic rings. The van der Waals surface area contributed by atoms with Crippen molar-refractivity contribution in [1.29, 1.82) is 0 Å². The zero-order valence-corrected chi connectivity index (χ0v) is 19.5. The van der Waals surface area contributed by atoms with Crippen LogP contribution in [0, 0.1) is 5.41 Å². The third kappa shape index (κ3) is 5.32. The Morgan fingerprint density at radius 2 is 1.73 bits per heavy atom. The number of sulfone groups is 1. The van der Waals surface area contributed by atoms with Crippen LogP contribution in [0.15, 0.2) is 59.5 Å². The van der Waals surface area contributed by atoms with E-state index in [0.29, 0.717) is 4.90 Å². The standard InChI is InChI=1S/C25H35NO3S/c1-5-29-20-25(16-15-21-11-13-23(14-12-21)30(4,27)28)17-18-26(19-25)24(2,3)22-9-7-6-8-10-22/h6-14H,5,15-20H2,1-4H3/t25-/m0/s1. The van der Waals surface area contributed by atoms with Crippen molar-refractivity contribution in [1.82, 2.24) is 4.90 Å². The Bertz CT molecular complexity index is 923. The van der Waals surface area contributed by atoms with Gasteiger partial charge in [0.15, 0.2) is 9.84 Å². The molecule has 1 heterocycles. The second kappa shape index (κ2) is 9.21. The SMILES string of the molecule is CCOC[C@@]1(CCc2ccc(S(C)(=O)=O)cc2)CCN(C(C)(C)c2ccccc2)C1. The summed E-state index contributed by atoms with van der Waals surface area (Å²) < 4.78 is 29.3. The molecule has 1 atom stereocenters. The number of aryl methyl sites for hydroxylation is 1. The van der Waals surface area contributed by atoms with Crippen LogP contribution in [0.25, 0.3) is 0 Å². The molecule has 4 nitrogen and oxygen atoms in total. The number of likely N-dealkylation sites (tertiary alicyclic amines) is 1. The molecule has 1 fully saturated rings. The van der Waals surface area contributed by atoms with Gasteiger partial charge in [-0.1, -0.05) is 42.5 Å². The molecule has 0 amide bonds. The number of hydrogen-bond donors (Lipinski definition) is 0. The highest BCUT2D eigenvalue weighted by Crippen LogP contribution is 2.41. The monoisotopic (exact) mass is 429 g/mol. The minimum Gasteiger partial charge on any atom is -0.381 e. The quantitative estimate of drug-likeness (QED) is 0.580. The number of hydrogen-bond acceptors (Lipinski definition) is 4. The van der Waals surface area contributed by atoms with Crippen LogP contribution < -0.4 is 0 Å². The lowest BCUT2D eigenvalue weighted by molar-refractivity contribution is 0.0385. The molecule has 30 heavy (non-hydrogen) atoms. The van der Waals surface area contributed by atoms with Crippen molar-refractivity contribution in [2.24, 2.45) is 5.41 Å². The number of nitrogens with zero attached hydrogens (tertiary/aromatic N) is 1. The minimum atomic E-state index is -3.15. The maximum atomic E-state index is 11.7. The first-order valence-electron chi connectivity index (χ1n) is 10.8. The van der Waals surface area contributed by atoms with E-state index in [1.165, 1.54) is 17.4 Å². The van der Waals surface area contributed by atoms with Crippen LogP contribution in [0.4, 0.5) is 0 Å². The van der Waals surface area contributed by atoms with Crippen molar-refractivity contribution in [2.45, 2.75) is 50.5 Å². The zero-order valence-electron chi connectivity index (χ0n) is 18.7. The molecule has 0 aromatic heterocycles. The molecular formula is C25H35NO3S. The van der Waals surface area contributed by atoms with Crippen LogP contribution in [0.3, 0.4) is 0 Å². The van der Waals surface area contributed by atoms with Gasteiger partial charge in [-0.15, -0.1) is 0 Å². The highest BCUT2D eigenvalue weighted by atomic mass is 32.2. The average molecular weight is 430 g/mol. The maximum Gasteiger partial charge on any atom is 0.175 e. The van der Waals surface area contributed by atoms with Gasteiger partial charge in [0, 0.05) is 30.4 Å². The Hall–Kier alpha value is -1.69. The molecule has 0 aliphatic carbocycles. The fraction of sp³-hybridized carbons (Fsp3) is 0.520. The predicted molar refractivity (Wildman–Crippen MR) is 122 cm³/mol. The van der Waals surface area contributed by atoms with Crippen molar-refractivity contribution < 1.29 is 13.2 Å². The average Bonchev–Trinajstić information content (AvgIpc) is 3.17. The van der Waals surface area contributed by atoms with Crippen molar-refractivity contribution in [2.75, 3.05) is 32.6 Å². The lowest BCUT2D eigenvalue weighted by atomic mass is 9.81. The van der Waals surface area contributed by atoms with Crippen LogP contribution in [0.5, 0.6) is 0 Å². The molecule has 5 heteroatoms. The van der Waals surface area contributed by atoms with Crippen molar-refractivity contribution in [3.8, 4) is 0 Å². The Labute approximate surface area is 182 Å². The van der Waals surface area contributed by atoms with Gasteiger partial charge in [0.1, 0.15) is 0 Å². The molecule has 0 saturated carbocycles. The summed E-state index contributed by atoms with van der Waals surface area (Å²) in [6, 6.07) is 18.1. The number of benzene rings is 2.